The molecule has 0 aliphatic rings. The van der Waals surface area contributed by atoms with Crippen molar-refractivity contribution < 1.29 is 22.7 Å². The zero-order chi connectivity index (χ0) is 15.2. The number of hydrogen-bond donors (Lipinski definition) is 2. The highest BCUT2D eigenvalue weighted by Gasteiger charge is 2.27. The van der Waals surface area contributed by atoms with Crippen molar-refractivity contribution in [3.63, 3.8) is 0 Å². The van der Waals surface area contributed by atoms with Gasteiger partial charge in [-0.1, -0.05) is 25.1 Å². The van der Waals surface area contributed by atoms with Gasteiger partial charge in [0.1, 0.15) is 12.3 Å². The van der Waals surface area contributed by atoms with Gasteiger partial charge in [-0.05, 0) is 12.5 Å². The first-order valence-electron chi connectivity index (χ1n) is 6.14. The van der Waals surface area contributed by atoms with Crippen molar-refractivity contribution in [3.8, 4) is 5.75 Å². The second kappa shape index (κ2) is 7.14. The van der Waals surface area contributed by atoms with Gasteiger partial charge in [-0.15, -0.1) is 0 Å². The largest absolute Gasteiger partial charge is 0.483 e. The Labute approximate surface area is 115 Å². The number of alkyl halides is 3. The Balaban J connectivity index is 2.55. The van der Waals surface area contributed by atoms with Crippen LogP contribution in [0.2, 0.25) is 0 Å². The number of para-hydroxylation sites is 1. The van der Waals surface area contributed by atoms with Gasteiger partial charge in [-0.3, -0.25) is 4.79 Å². The van der Waals surface area contributed by atoms with E-state index in [4.69, 9.17) is 10.5 Å². The first-order chi connectivity index (χ1) is 9.33. The van der Waals surface area contributed by atoms with Crippen LogP contribution in [0.1, 0.15) is 24.9 Å². The van der Waals surface area contributed by atoms with E-state index in [9.17, 15) is 18.0 Å². The summed E-state index contributed by atoms with van der Waals surface area (Å²) in [7, 11) is 0. The number of benzene rings is 1. The molecule has 0 saturated carbocycles. The van der Waals surface area contributed by atoms with E-state index < -0.39 is 25.2 Å². The van der Waals surface area contributed by atoms with E-state index in [0.717, 1.165) is 5.56 Å². The van der Waals surface area contributed by atoms with Crippen LogP contribution >= 0.6 is 0 Å². The summed E-state index contributed by atoms with van der Waals surface area (Å²) in [5, 5.41) is 1.74. The quantitative estimate of drug-likeness (QED) is 0.843. The van der Waals surface area contributed by atoms with Gasteiger partial charge in [0.15, 0.2) is 6.61 Å². The molecular formula is C13H17F3N2O2. The predicted octanol–water partition coefficient (Wildman–Crippen LogP) is 2.15. The van der Waals surface area contributed by atoms with Crippen LogP contribution in [-0.2, 0) is 4.79 Å². The summed E-state index contributed by atoms with van der Waals surface area (Å²) in [5.74, 6) is -0.425. The molecule has 1 aromatic rings. The van der Waals surface area contributed by atoms with Gasteiger partial charge in [0.05, 0.1) is 0 Å². The standard InChI is InChI=1S/C13H17F3N2O2/c1-2-10(17)9-5-3-4-6-11(9)20-7-12(19)18-8-13(14,15)16/h3-6,10H,2,7-8,17H2,1H3,(H,18,19)/t10-/m1/s1. The van der Waals surface area contributed by atoms with E-state index >= 15 is 0 Å². The van der Waals surface area contributed by atoms with Gasteiger partial charge in [0.2, 0.25) is 0 Å². The monoisotopic (exact) mass is 290 g/mol. The molecule has 4 nitrogen and oxygen atoms in total. The maximum atomic E-state index is 11.9. The van der Waals surface area contributed by atoms with Gasteiger partial charge in [0.25, 0.3) is 5.91 Å². The minimum Gasteiger partial charge on any atom is -0.483 e. The third kappa shape index (κ3) is 5.48. The highest BCUT2D eigenvalue weighted by atomic mass is 19.4. The van der Waals surface area contributed by atoms with Crippen LogP contribution in [0.4, 0.5) is 13.2 Å². The van der Waals surface area contributed by atoms with Crippen molar-refractivity contribution in [1.29, 1.82) is 0 Å². The molecule has 112 valence electrons. The molecule has 3 N–H and O–H groups in total. The molecule has 0 aliphatic heterocycles. The van der Waals surface area contributed by atoms with Crippen LogP contribution in [-0.4, -0.2) is 25.2 Å². The average Bonchev–Trinajstić information content (AvgIpc) is 2.41. The van der Waals surface area contributed by atoms with Crippen molar-refractivity contribution in [2.24, 2.45) is 5.73 Å². The van der Waals surface area contributed by atoms with Crippen LogP contribution in [0, 0.1) is 0 Å². The molecule has 1 rings (SSSR count). The summed E-state index contributed by atoms with van der Waals surface area (Å²) >= 11 is 0. The fourth-order valence-electron chi connectivity index (χ4n) is 1.53. The molecule has 0 radical (unpaired) electrons. The third-order valence-corrected chi connectivity index (χ3v) is 2.60. The maximum Gasteiger partial charge on any atom is 0.405 e. The maximum absolute atomic E-state index is 11.9. The minimum absolute atomic E-state index is 0.246. The number of carbonyl (C=O) groups is 1. The molecule has 0 spiro atoms. The first kappa shape index (κ1) is 16.3. The van der Waals surface area contributed by atoms with Gasteiger partial charge in [-0.2, -0.15) is 13.2 Å². The van der Waals surface area contributed by atoms with E-state index in [1.54, 1.807) is 29.6 Å². The van der Waals surface area contributed by atoms with Crippen molar-refractivity contribution in [2.45, 2.75) is 25.6 Å². The molecule has 0 fully saturated rings. The lowest BCUT2D eigenvalue weighted by Crippen LogP contribution is -2.36. The third-order valence-electron chi connectivity index (χ3n) is 2.60. The van der Waals surface area contributed by atoms with Gasteiger partial charge in [-0.25, -0.2) is 0 Å². The molecule has 0 aromatic heterocycles. The van der Waals surface area contributed by atoms with Gasteiger partial charge >= 0.3 is 6.18 Å². The number of ether oxygens (including phenoxy) is 1. The van der Waals surface area contributed by atoms with Crippen LogP contribution in [0.25, 0.3) is 0 Å². The van der Waals surface area contributed by atoms with Crippen LogP contribution in [0.15, 0.2) is 24.3 Å². The lowest BCUT2D eigenvalue weighted by atomic mass is 10.0. The Kier molecular flexibility index (Phi) is 5.82. The fraction of sp³-hybridized carbons (Fsp3) is 0.462. The van der Waals surface area contributed by atoms with Crippen LogP contribution in [0.5, 0.6) is 5.75 Å². The van der Waals surface area contributed by atoms with Gasteiger partial charge < -0.3 is 15.8 Å². The number of carbonyl (C=O) groups excluding carboxylic acids is 1. The zero-order valence-electron chi connectivity index (χ0n) is 11.0. The molecule has 0 saturated heterocycles. The molecule has 7 heteroatoms. The summed E-state index contributed by atoms with van der Waals surface area (Å²) in [4.78, 5) is 11.2. The normalized spacial score (nSPS) is 12.8. The Hall–Kier alpha value is -1.76. The molecule has 1 aromatic carbocycles. The number of hydrogen-bond acceptors (Lipinski definition) is 3. The van der Waals surface area contributed by atoms with Crippen molar-refractivity contribution >= 4 is 5.91 Å². The molecule has 0 heterocycles. The van der Waals surface area contributed by atoms with E-state index in [2.05, 4.69) is 0 Å². The predicted molar refractivity (Wildman–Crippen MR) is 68.2 cm³/mol. The van der Waals surface area contributed by atoms with Crippen molar-refractivity contribution in [3.05, 3.63) is 29.8 Å². The van der Waals surface area contributed by atoms with Crippen LogP contribution in [0.3, 0.4) is 0 Å². The summed E-state index contributed by atoms with van der Waals surface area (Å²) in [6.45, 7) is 0.0479. The average molecular weight is 290 g/mol. The van der Waals surface area contributed by atoms with E-state index in [0.29, 0.717) is 12.2 Å². The second-order valence-electron chi connectivity index (χ2n) is 4.23. The summed E-state index contributed by atoms with van der Waals surface area (Å²) in [6, 6.07) is 6.62. The molecule has 0 bridgehead atoms. The van der Waals surface area contributed by atoms with Crippen molar-refractivity contribution in [2.75, 3.05) is 13.2 Å². The highest BCUT2D eigenvalue weighted by Crippen LogP contribution is 2.25. The number of amides is 1. The highest BCUT2D eigenvalue weighted by molar-refractivity contribution is 5.77. The number of rotatable bonds is 6. The van der Waals surface area contributed by atoms with E-state index in [1.165, 1.54) is 0 Å². The lowest BCUT2D eigenvalue weighted by Gasteiger charge is -2.15. The molecule has 1 amide bonds. The van der Waals surface area contributed by atoms with E-state index in [-0.39, 0.29) is 6.04 Å². The first-order valence-corrected chi connectivity index (χ1v) is 6.14. The number of nitrogens with two attached hydrogens (primary N) is 1. The molecule has 1 atom stereocenters. The second-order valence-corrected chi connectivity index (χ2v) is 4.23. The van der Waals surface area contributed by atoms with Gasteiger partial charge in [0, 0.05) is 11.6 Å². The molecule has 20 heavy (non-hydrogen) atoms. The summed E-state index contributed by atoms with van der Waals surface area (Å²) in [6.07, 6.45) is -3.75. The Morgan fingerprint density at radius 3 is 2.65 bits per heavy atom. The minimum atomic E-state index is -4.43. The van der Waals surface area contributed by atoms with E-state index in [1.807, 2.05) is 6.92 Å². The molecule has 0 aliphatic carbocycles. The Morgan fingerprint density at radius 1 is 1.40 bits per heavy atom. The van der Waals surface area contributed by atoms with Crippen LogP contribution < -0.4 is 15.8 Å². The molecule has 0 unspecified atom stereocenters. The molecular weight excluding hydrogens is 273 g/mol. The lowest BCUT2D eigenvalue weighted by molar-refractivity contribution is -0.139. The van der Waals surface area contributed by atoms with Crippen molar-refractivity contribution in [1.82, 2.24) is 5.32 Å². The fourth-order valence-corrected chi connectivity index (χ4v) is 1.53. The summed E-state index contributed by atoms with van der Waals surface area (Å²) < 4.78 is 41.0. The Bertz CT molecular complexity index is 449. The number of halogens is 3. The zero-order valence-corrected chi connectivity index (χ0v) is 11.0. The SMILES string of the molecule is CC[C@@H](N)c1ccccc1OCC(=O)NCC(F)(F)F. The summed E-state index contributed by atoms with van der Waals surface area (Å²) in [5.41, 5.74) is 6.61. The number of nitrogens with one attached hydrogen (secondary N) is 1. The smallest absolute Gasteiger partial charge is 0.405 e. The topological polar surface area (TPSA) is 64.3 Å². The Morgan fingerprint density at radius 2 is 2.05 bits per heavy atom.